The molecule has 0 saturated heterocycles. The molecule has 0 aromatic heterocycles. The maximum atomic E-state index is 10.8. The summed E-state index contributed by atoms with van der Waals surface area (Å²) in [4.78, 5) is 10.3. The molecule has 20 heavy (non-hydrogen) atoms. The van der Waals surface area contributed by atoms with Gasteiger partial charge in [0.25, 0.3) is 5.69 Å². The number of nitro groups is 1. The normalized spacial score (nSPS) is 10.7. The molecule has 2 N–H and O–H groups in total. The summed E-state index contributed by atoms with van der Waals surface area (Å²) in [5.74, 6) is -0.0326. The summed E-state index contributed by atoms with van der Waals surface area (Å²) in [7, 11) is 0. The average Bonchev–Trinajstić information content (AvgIpc) is 2.44. The molecule has 0 heterocycles. The zero-order chi connectivity index (χ0) is 14.5. The Labute approximate surface area is 128 Å². The first kappa shape index (κ1) is 14.3. The van der Waals surface area contributed by atoms with E-state index in [1.54, 1.807) is 0 Å². The van der Waals surface area contributed by atoms with E-state index in [9.17, 15) is 15.2 Å². The van der Waals surface area contributed by atoms with Crippen LogP contribution in [0.15, 0.2) is 47.6 Å². The number of nitrogens with one attached hydrogen (secondary N) is 1. The van der Waals surface area contributed by atoms with Crippen molar-refractivity contribution in [2.24, 2.45) is 5.10 Å². The van der Waals surface area contributed by atoms with E-state index in [-0.39, 0.29) is 17.0 Å². The number of non-ortho nitro benzene ring substituents is 1. The highest BCUT2D eigenvalue weighted by atomic mass is 127. The summed E-state index contributed by atoms with van der Waals surface area (Å²) in [5.41, 5.74) is 3.75. The Hall–Kier alpha value is -2.16. The van der Waals surface area contributed by atoms with Crippen LogP contribution in [0.25, 0.3) is 0 Å². The smallest absolute Gasteiger partial charge is 0.271 e. The fourth-order valence-electron chi connectivity index (χ4n) is 1.50. The van der Waals surface area contributed by atoms with Crippen LogP contribution in [0.4, 0.5) is 11.4 Å². The second-order valence-corrected chi connectivity index (χ2v) is 5.02. The number of phenolic OH excluding ortho intramolecular Hbond substituents is 1. The van der Waals surface area contributed by atoms with Crippen molar-refractivity contribution in [1.29, 1.82) is 0 Å². The highest BCUT2D eigenvalue weighted by Gasteiger charge is 2.13. The number of anilines is 1. The number of benzene rings is 2. The third kappa shape index (κ3) is 3.44. The van der Waals surface area contributed by atoms with Crippen molar-refractivity contribution in [3.05, 3.63) is 61.7 Å². The number of hydrogen-bond acceptors (Lipinski definition) is 5. The van der Waals surface area contributed by atoms with Gasteiger partial charge in [-0.3, -0.25) is 15.5 Å². The topological polar surface area (TPSA) is 87.8 Å². The van der Waals surface area contributed by atoms with Gasteiger partial charge in [-0.2, -0.15) is 5.10 Å². The van der Waals surface area contributed by atoms with Gasteiger partial charge < -0.3 is 5.11 Å². The van der Waals surface area contributed by atoms with Crippen molar-refractivity contribution in [1.82, 2.24) is 0 Å². The van der Waals surface area contributed by atoms with E-state index in [1.165, 1.54) is 18.3 Å². The lowest BCUT2D eigenvalue weighted by atomic mass is 10.2. The van der Waals surface area contributed by atoms with Gasteiger partial charge >= 0.3 is 0 Å². The molecule has 2 rings (SSSR count). The van der Waals surface area contributed by atoms with Crippen LogP contribution < -0.4 is 5.43 Å². The average molecular weight is 383 g/mol. The first-order valence-corrected chi connectivity index (χ1v) is 6.67. The van der Waals surface area contributed by atoms with Crippen molar-refractivity contribution in [2.45, 2.75) is 0 Å². The highest BCUT2D eigenvalue weighted by molar-refractivity contribution is 14.1. The van der Waals surface area contributed by atoms with Crippen LogP contribution in [0.1, 0.15) is 5.56 Å². The van der Waals surface area contributed by atoms with Gasteiger partial charge in [0.2, 0.25) is 0 Å². The molecule has 0 amide bonds. The predicted octanol–water partition coefficient (Wildman–Crippen LogP) is 3.35. The Bertz CT molecular complexity index is 659. The molecule has 0 spiro atoms. The van der Waals surface area contributed by atoms with E-state index in [1.807, 2.05) is 52.9 Å². The molecule has 102 valence electrons. The molecule has 0 fully saturated rings. The lowest BCUT2D eigenvalue weighted by molar-refractivity contribution is -0.385. The lowest BCUT2D eigenvalue weighted by Gasteiger charge is -2.02. The van der Waals surface area contributed by atoms with Gasteiger partial charge in [-0.05, 0) is 34.7 Å². The van der Waals surface area contributed by atoms with Gasteiger partial charge in [-0.15, -0.1) is 0 Å². The van der Waals surface area contributed by atoms with E-state index in [4.69, 9.17) is 0 Å². The van der Waals surface area contributed by atoms with Crippen molar-refractivity contribution < 1.29 is 10.0 Å². The van der Waals surface area contributed by atoms with Gasteiger partial charge in [-0.1, -0.05) is 18.2 Å². The third-order valence-corrected chi connectivity index (χ3v) is 3.28. The zero-order valence-corrected chi connectivity index (χ0v) is 12.3. The van der Waals surface area contributed by atoms with Crippen LogP contribution in [0, 0.1) is 13.7 Å². The molecule has 0 aliphatic heterocycles. The van der Waals surface area contributed by atoms with Crippen LogP contribution >= 0.6 is 22.6 Å². The zero-order valence-electron chi connectivity index (χ0n) is 10.2. The molecule has 0 aliphatic carbocycles. The molecule has 0 unspecified atom stereocenters. The van der Waals surface area contributed by atoms with Gasteiger partial charge in [0.1, 0.15) is 5.75 Å². The predicted molar refractivity (Wildman–Crippen MR) is 85.1 cm³/mol. The van der Waals surface area contributed by atoms with Gasteiger partial charge in [0, 0.05) is 17.7 Å². The van der Waals surface area contributed by atoms with Crippen LogP contribution in [-0.4, -0.2) is 16.2 Å². The van der Waals surface area contributed by atoms with Crippen molar-refractivity contribution in [2.75, 3.05) is 5.43 Å². The first-order valence-electron chi connectivity index (χ1n) is 5.59. The minimum Gasteiger partial charge on any atom is -0.506 e. The number of hydrazone groups is 1. The Morgan fingerprint density at radius 2 is 2.00 bits per heavy atom. The number of nitrogens with zero attached hydrogens (tertiary/aromatic N) is 2. The number of rotatable bonds is 4. The summed E-state index contributed by atoms with van der Waals surface area (Å²) in [6.45, 7) is 0. The number of aromatic hydroxyl groups is 1. The molecular weight excluding hydrogens is 373 g/mol. The van der Waals surface area contributed by atoms with Crippen LogP contribution in [0.5, 0.6) is 5.75 Å². The van der Waals surface area contributed by atoms with E-state index in [0.717, 1.165) is 5.69 Å². The highest BCUT2D eigenvalue weighted by Crippen LogP contribution is 2.28. The molecule has 0 radical (unpaired) electrons. The summed E-state index contributed by atoms with van der Waals surface area (Å²) in [5, 5.41) is 24.6. The van der Waals surface area contributed by atoms with E-state index >= 15 is 0 Å². The van der Waals surface area contributed by atoms with E-state index in [0.29, 0.717) is 3.57 Å². The minimum absolute atomic E-state index is 0.0326. The Morgan fingerprint density at radius 1 is 1.30 bits per heavy atom. The number of halogens is 1. The number of phenols is 1. The third-order valence-electron chi connectivity index (χ3n) is 2.46. The van der Waals surface area contributed by atoms with Crippen molar-refractivity contribution in [3.8, 4) is 5.75 Å². The van der Waals surface area contributed by atoms with Gasteiger partial charge in [0.05, 0.1) is 20.4 Å². The Kier molecular flexibility index (Phi) is 4.51. The molecule has 7 heteroatoms. The summed E-state index contributed by atoms with van der Waals surface area (Å²) >= 11 is 1.84. The maximum Gasteiger partial charge on any atom is 0.271 e. The summed E-state index contributed by atoms with van der Waals surface area (Å²) in [6.07, 6.45) is 1.34. The fourth-order valence-corrected chi connectivity index (χ4v) is 2.13. The van der Waals surface area contributed by atoms with Crippen LogP contribution in [0.3, 0.4) is 0 Å². The lowest BCUT2D eigenvalue weighted by Crippen LogP contribution is -1.95. The second kappa shape index (κ2) is 6.33. The van der Waals surface area contributed by atoms with Crippen molar-refractivity contribution in [3.63, 3.8) is 0 Å². The quantitative estimate of drug-likeness (QED) is 0.367. The molecule has 0 bridgehead atoms. The molecular formula is C13H10IN3O3. The monoisotopic (exact) mass is 383 g/mol. The number of nitro benzene ring substituents is 1. The Balaban J connectivity index is 2.22. The number of para-hydroxylation sites is 1. The minimum atomic E-state index is -0.510. The summed E-state index contributed by atoms with van der Waals surface area (Å²) in [6, 6.07) is 11.8. The molecule has 2 aromatic carbocycles. The van der Waals surface area contributed by atoms with Crippen LogP contribution in [-0.2, 0) is 0 Å². The molecule has 0 atom stereocenters. The SMILES string of the molecule is O=[N+]([O-])c1cc(I)c(O)c(C=NNc2ccccc2)c1. The summed E-state index contributed by atoms with van der Waals surface area (Å²) < 4.78 is 0.401. The Morgan fingerprint density at radius 3 is 2.65 bits per heavy atom. The van der Waals surface area contributed by atoms with E-state index < -0.39 is 4.92 Å². The van der Waals surface area contributed by atoms with Gasteiger partial charge in [0.15, 0.2) is 0 Å². The first-order chi connectivity index (χ1) is 9.58. The molecule has 2 aromatic rings. The molecule has 0 saturated carbocycles. The van der Waals surface area contributed by atoms with Crippen molar-refractivity contribution >= 4 is 40.2 Å². The standard InChI is InChI=1S/C13H10IN3O3/c14-12-7-11(17(19)20)6-9(13(12)18)8-15-16-10-4-2-1-3-5-10/h1-8,16,18H. The fraction of sp³-hybridized carbons (Fsp3) is 0. The number of hydrogen-bond donors (Lipinski definition) is 2. The largest absolute Gasteiger partial charge is 0.506 e. The van der Waals surface area contributed by atoms with E-state index in [2.05, 4.69) is 10.5 Å². The van der Waals surface area contributed by atoms with Gasteiger partial charge in [-0.25, -0.2) is 0 Å². The molecule has 6 nitrogen and oxygen atoms in total. The second-order valence-electron chi connectivity index (χ2n) is 3.86. The molecule has 0 aliphatic rings. The maximum absolute atomic E-state index is 10.8. The van der Waals surface area contributed by atoms with Crippen LogP contribution in [0.2, 0.25) is 0 Å².